The molecule has 2 aromatic carbocycles. The molecule has 0 saturated heterocycles. The summed E-state index contributed by atoms with van der Waals surface area (Å²) in [5.74, 6) is 0.618. The molecule has 0 bridgehead atoms. The van der Waals surface area contributed by atoms with Gasteiger partial charge in [0.25, 0.3) is 5.91 Å². The Morgan fingerprint density at radius 3 is 2.32 bits per heavy atom. The van der Waals surface area contributed by atoms with Gasteiger partial charge in [-0.2, -0.15) is 0 Å². The molecule has 3 nitrogen and oxygen atoms in total. The van der Waals surface area contributed by atoms with E-state index in [9.17, 15) is 4.79 Å². The van der Waals surface area contributed by atoms with Gasteiger partial charge in [0.15, 0.2) is 0 Å². The van der Waals surface area contributed by atoms with Crippen LogP contribution in [-0.4, -0.2) is 12.5 Å². The second kappa shape index (κ2) is 6.25. The van der Waals surface area contributed by atoms with E-state index in [-0.39, 0.29) is 5.91 Å². The number of hydrogen-bond acceptors (Lipinski definition) is 2. The van der Waals surface area contributed by atoms with Crippen LogP contribution in [0.1, 0.15) is 17.3 Å². The quantitative estimate of drug-likeness (QED) is 0.916. The summed E-state index contributed by atoms with van der Waals surface area (Å²) in [5, 5.41) is 3.42. The van der Waals surface area contributed by atoms with Crippen molar-refractivity contribution in [3.8, 4) is 5.75 Å². The SMILES string of the molecule is CCOc1ccc(NC(=O)c2ccc(Cl)cc2)cc1. The van der Waals surface area contributed by atoms with Crippen molar-refractivity contribution in [1.29, 1.82) is 0 Å². The van der Waals surface area contributed by atoms with Gasteiger partial charge < -0.3 is 10.1 Å². The van der Waals surface area contributed by atoms with Crippen LogP contribution in [0.25, 0.3) is 0 Å². The summed E-state index contributed by atoms with van der Waals surface area (Å²) in [5.41, 5.74) is 1.29. The molecule has 2 rings (SSSR count). The van der Waals surface area contributed by atoms with Gasteiger partial charge in [-0.15, -0.1) is 0 Å². The molecule has 0 aliphatic carbocycles. The molecule has 4 heteroatoms. The van der Waals surface area contributed by atoms with Crippen LogP contribution in [0.15, 0.2) is 48.5 Å². The second-order valence-corrected chi connectivity index (χ2v) is 4.35. The lowest BCUT2D eigenvalue weighted by Gasteiger charge is -2.07. The number of carbonyl (C=O) groups excluding carboxylic acids is 1. The van der Waals surface area contributed by atoms with Crippen molar-refractivity contribution in [1.82, 2.24) is 0 Å². The molecule has 0 spiro atoms. The zero-order chi connectivity index (χ0) is 13.7. The maximum Gasteiger partial charge on any atom is 0.255 e. The minimum absolute atomic E-state index is 0.166. The second-order valence-electron chi connectivity index (χ2n) is 3.92. The van der Waals surface area contributed by atoms with Gasteiger partial charge in [-0.1, -0.05) is 11.6 Å². The monoisotopic (exact) mass is 275 g/mol. The van der Waals surface area contributed by atoms with Crippen LogP contribution in [0.3, 0.4) is 0 Å². The van der Waals surface area contributed by atoms with Crippen LogP contribution in [-0.2, 0) is 0 Å². The van der Waals surface area contributed by atoms with Gasteiger partial charge in [-0.25, -0.2) is 0 Å². The molecule has 0 atom stereocenters. The van der Waals surface area contributed by atoms with E-state index in [0.717, 1.165) is 11.4 Å². The van der Waals surface area contributed by atoms with Gasteiger partial charge in [-0.05, 0) is 55.5 Å². The average Bonchev–Trinajstić information content (AvgIpc) is 2.42. The minimum atomic E-state index is -0.166. The Labute approximate surface area is 117 Å². The van der Waals surface area contributed by atoms with E-state index in [1.165, 1.54) is 0 Å². The highest BCUT2D eigenvalue weighted by Crippen LogP contribution is 2.17. The summed E-state index contributed by atoms with van der Waals surface area (Å²) in [4.78, 5) is 12.0. The fraction of sp³-hybridized carbons (Fsp3) is 0.133. The summed E-state index contributed by atoms with van der Waals surface area (Å²) in [6.07, 6.45) is 0. The van der Waals surface area contributed by atoms with Crippen molar-refractivity contribution in [2.24, 2.45) is 0 Å². The molecule has 2 aromatic rings. The third-order valence-electron chi connectivity index (χ3n) is 2.53. The first-order chi connectivity index (χ1) is 9.19. The fourth-order valence-corrected chi connectivity index (χ4v) is 1.73. The first kappa shape index (κ1) is 13.4. The summed E-state index contributed by atoms with van der Waals surface area (Å²) >= 11 is 5.78. The smallest absolute Gasteiger partial charge is 0.255 e. The Bertz CT molecular complexity index is 549. The first-order valence-corrected chi connectivity index (χ1v) is 6.36. The number of carbonyl (C=O) groups is 1. The van der Waals surface area contributed by atoms with Crippen molar-refractivity contribution in [2.45, 2.75) is 6.92 Å². The standard InChI is InChI=1S/C15H14ClNO2/c1-2-19-14-9-7-13(8-10-14)17-15(18)11-3-5-12(16)6-4-11/h3-10H,2H2,1H3,(H,17,18). The van der Waals surface area contributed by atoms with Crippen molar-refractivity contribution < 1.29 is 9.53 Å². The molecule has 19 heavy (non-hydrogen) atoms. The molecule has 1 amide bonds. The Kier molecular flexibility index (Phi) is 4.42. The van der Waals surface area contributed by atoms with Gasteiger partial charge in [0, 0.05) is 16.3 Å². The van der Waals surface area contributed by atoms with Crippen molar-refractivity contribution in [3.05, 3.63) is 59.1 Å². The first-order valence-electron chi connectivity index (χ1n) is 5.99. The maximum atomic E-state index is 12.0. The maximum absolute atomic E-state index is 12.0. The summed E-state index contributed by atoms with van der Waals surface area (Å²) in [7, 11) is 0. The zero-order valence-corrected chi connectivity index (χ0v) is 11.3. The number of nitrogens with one attached hydrogen (secondary N) is 1. The number of hydrogen-bond donors (Lipinski definition) is 1. The Morgan fingerprint density at radius 2 is 1.74 bits per heavy atom. The van der Waals surface area contributed by atoms with E-state index in [1.54, 1.807) is 36.4 Å². The van der Waals surface area contributed by atoms with Crippen LogP contribution in [0.4, 0.5) is 5.69 Å². The van der Waals surface area contributed by atoms with Gasteiger partial charge in [0.2, 0.25) is 0 Å². The minimum Gasteiger partial charge on any atom is -0.494 e. The molecule has 1 N–H and O–H groups in total. The van der Waals surface area contributed by atoms with Gasteiger partial charge in [-0.3, -0.25) is 4.79 Å². The molecular weight excluding hydrogens is 262 g/mol. The predicted octanol–water partition coefficient (Wildman–Crippen LogP) is 3.99. The molecule has 0 radical (unpaired) electrons. The van der Waals surface area contributed by atoms with Crippen molar-refractivity contribution in [2.75, 3.05) is 11.9 Å². The van der Waals surface area contributed by atoms with Crippen LogP contribution in [0.2, 0.25) is 5.02 Å². The molecular formula is C15H14ClNO2. The molecule has 0 aliphatic heterocycles. The molecule has 0 fully saturated rings. The van der Waals surface area contributed by atoms with Crippen LogP contribution in [0, 0.1) is 0 Å². The normalized spacial score (nSPS) is 10.0. The largest absolute Gasteiger partial charge is 0.494 e. The van der Waals surface area contributed by atoms with E-state index in [2.05, 4.69) is 5.32 Å². The number of benzene rings is 2. The number of halogens is 1. The number of ether oxygens (including phenoxy) is 1. The van der Waals surface area contributed by atoms with Crippen molar-refractivity contribution >= 4 is 23.2 Å². The molecule has 0 unspecified atom stereocenters. The molecule has 0 saturated carbocycles. The van der Waals surface area contributed by atoms with Crippen LogP contribution in [0.5, 0.6) is 5.75 Å². The molecule has 0 aromatic heterocycles. The summed E-state index contributed by atoms with van der Waals surface area (Å²) < 4.78 is 5.34. The van der Waals surface area contributed by atoms with E-state index < -0.39 is 0 Å². The van der Waals surface area contributed by atoms with Crippen LogP contribution >= 0.6 is 11.6 Å². The van der Waals surface area contributed by atoms with E-state index >= 15 is 0 Å². The van der Waals surface area contributed by atoms with E-state index in [4.69, 9.17) is 16.3 Å². The molecule has 0 heterocycles. The van der Waals surface area contributed by atoms with Gasteiger partial charge in [0.05, 0.1) is 6.61 Å². The lowest BCUT2D eigenvalue weighted by molar-refractivity contribution is 0.102. The fourth-order valence-electron chi connectivity index (χ4n) is 1.61. The Morgan fingerprint density at radius 1 is 1.11 bits per heavy atom. The topological polar surface area (TPSA) is 38.3 Å². The highest BCUT2D eigenvalue weighted by Gasteiger charge is 2.05. The number of amides is 1. The summed E-state index contributed by atoms with van der Waals surface area (Å²) in [6.45, 7) is 2.55. The third kappa shape index (κ3) is 3.73. The molecule has 98 valence electrons. The predicted molar refractivity (Wildman–Crippen MR) is 77.0 cm³/mol. The van der Waals surface area contributed by atoms with Crippen molar-refractivity contribution in [3.63, 3.8) is 0 Å². The average molecular weight is 276 g/mol. The highest BCUT2D eigenvalue weighted by molar-refractivity contribution is 6.30. The number of anilines is 1. The molecule has 0 aliphatic rings. The van der Waals surface area contributed by atoms with Gasteiger partial charge >= 0.3 is 0 Å². The summed E-state index contributed by atoms with van der Waals surface area (Å²) in [6, 6.07) is 14.0. The van der Waals surface area contributed by atoms with Crippen LogP contribution < -0.4 is 10.1 Å². The third-order valence-corrected chi connectivity index (χ3v) is 2.78. The lowest BCUT2D eigenvalue weighted by atomic mass is 10.2. The highest BCUT2D eigenvalue weighted by atomic mass is 35.5. The zero-order valence-electron chi connectivity index (χ0n) is 10.5. The Hall–Kier alpha value is -2.00. The van der Waals surface area contributed by atoms with E-state index in [1.807, 2.05) is 19.1 Å². The lowest BCUT2D eigenvalue weighted by Crippen LogP contribution is -2.11. The van der Waals surface area contributed by atoms with E-state index in [0.29, 0.717) is 17.2 Å². The van der Waals surface area contributed by atoms with Gasteiger partial charge in [0.1, 0.15) is 5.75 Å². The Balaban J connectivity index is 2.04. The number of rotatable bonds is 4.